The molecule has 3 nitrogen and oxygen atoms in total. The zero-order valence-corrected chi connectivity index (χ0v) is 9.38. The first-order valence-corrected chi connectivity index (χ1v) is 4.43. The fraction of sp³-hybridized carbons (Fsp3) is 0.300. The largest absolute Gasteiger partial charge is 0.493 e. The molecule has 0 heterocycles. The van der Waals surface area contributed by atoms with E-state index in [4.69, 9.17) is 9.47 Å². The Morgan fingerprint density at radius 1 is 1.14 bits per heavy atom. The zero-order valence-electron chi connectivity index (χ0n) is 8.48. The van der Waals surface area contributed by atoms with E-state index in [1.807, 2.05) is 24.3 Å². The third-order valence-corrected chi connectivity index (χ3v) is 1.29. The molecule has 1 rings (SSSR count). The van der Waals surface area contributed by atoms with Crippen molar-refractivity contribution in [2.24, 2.45) is 0 Å². The molecule has 0 radical (unpaired) electrons. The average molecular weight is 214 g/mol. The summed E-state index contributed by atoms with van der Waals surface area (Å²) in [7, 11) is 3.25. The molecule has 0 aromatic heterocycles. The quantitative estimate of drug-likeness (QED) is 0.766. The molecule has 0 aliphatic rings. The molecule has 4 heteroatoms. The van der Waals surface area contributed by atoms with E-state index in [-0.39, 0.29) is 5.12 Å². The van der Waals surface area contributed by atoms with Gasteiger partial charge in [0, 0.05) is 6.92 Å². The van der Waals surface area contributed by atoms with Gasteiger partial charge in [0.15, 0.2) is 16.6 Å². The minimum Gasteiger partial charge on any atom is -0.493 e. The second-order valence-corrected chi connectivity index (χ2v) is 3.00. The van der Waals surface area contributed by atoms with Gasteiger partial charge in [0.1, 0.15) is 0 Å². The van der Waals surface area contributed by atoms with Crippen LogP contribution in [0.15, 0.2) is 24.3 Å². The number of methoxy groups -OCH3 is 2. The highest BCUT2D eigenvalue weighted by molar-refractivity contribution is 7.96. The number of hydrogen-bond acceptors (Lipinski definition) is 3. The average Bonchev–Trinajstić information content (AvgIpc) is 2.17. The Bertz CT molecular complexity index is 259. The molecule has 0 bridgehead atoms. The Labute approximate surface area is 89.4 Å². The molecule has 1 aromatic rings. The lowest BCUT2D eigenvalue weighted by atomic mass is 10.3. The molecule has 0 spiro atoms. The first-order chi connectivity index (χ1) is 6.61. The van der Waals surface area contributed by atoms with Crippen LogP contribution < -0.4 is 9.47 Å². The maximum Gasteiger partial charge on any atom is 0.182 e. The number of hydrogen-bond donors (Lipinski definition) is 1. The van der Waals surface area contributed by atoms with Gasteiger partial charge in [-0.1, -0.05) is 12.1 Å². The Balaban J connectivity index is 0.000000364. The molecule has 0 unspecified atom stereocenters. The van der Waals surface area contributed by atoms with Crippen LogP contribution in [0.2, 0.25) is 0 Å². The van der Waals surface area contributed by atoms with Gasteiger partial charge in [0.25, 0.3) is 0 Å². The van der Waals surface area contributed by atoms with E-state index in [0.717, 1.165) is 11.5 Å². The Kier molecular flexibility index (Phi) is 6.66. The number of para-hydroxylation sites is 2. The molecular weight excluding hydrogens is 200 g/mol. The molecule has 0 aliphatic heterocycles. The Morgan fingerprint density at radius 2 is 1.43 bits per heavy atom. The Morgan fingerprint density at radius 3 is 1.64 bits per heavy atom. The summed E-state index contributed by atoms with van der Waals surface area (Å²) >= 11 is 3.33. The fourth-order valence-corrected chi connectivity index (χ4v) is 0.787. The fourth-order valence-electron chi connectivity index (χ4n) is 0.787. The minimum absolute atomic E-state index is 0.139. The first kappa shape index (κ1) is 12.8. The Hall–Kier alpha value is -1.16. The van der Waals surface area contributed by atoms with Crippen molar-refractivity contribution in [1.82, 2.24) is 0 Å². The van der Waals surface area contributed by atoms with Gasteiger partial charge in [0.2, 0.25) is 0 Å². The van der Waals surface area contributed by atoms with Gasteiger partial charge in [-0.05, 0) is 12.1 Å². The van der Waals surface area contributed by atoms with E-state index in [1.54, 1.807) is 14.2 Å². The first-order valence-electron chi connectivity index (χ1n) is 3.98. The van der Waals surface area contributed by atoms with Crippen LogP contribution in [0.4, 0.5) is 0 Å². The van der Waals surface area contributed by atoms with Gasteiger partial charge < -0.3 is 9.47 Å². The summed E-state index contributed by atoms with van der Waals surface area (Å²) in [6.45, 7) is 1.39. The van der Waals surface area contributed by atoms with Gasteiger partial charge in [0.05, 0.1) is 14.2 Å². The van der Waals surface area contributed by atoms with E-state index < -0.39 is 0 Å². The van der Waals surface area contributed by atoms with Crippen LogP contribution in [0.1, 0.15) is 6.92 Å². The summed E-state index contributed by atoms with van der Waals surface area (Å²) in [5, 5.41) is -0.139. The maximum absolute atomic E-state index is 9.31. The molecule has 0 saturated carbocycles. The van der Waals surface area contributed by atoms with E-state index >= 15 is 0 Å². The second kappa shape index (κ2) is 7.26. The number of rotatable bonds is 2. The molecule has 78 valence electrons. The van der Waals surface area contributed by atoms with Gasteiger partial charge in [-0.15, -0.1) is 12.6 Å². The number of benzene rings is 1. The van der Waals surface area contributed by atoms with Crippen molar-refractivity contribution >= 4 is 17.7 Å². The summed E-state index contributed by atoms with van der Waals surface area (Å²) in [4.78, 5) is 9.31. The highest BCUT2D eigenvalue weighted by Crippen LogP contribution is 2.24. The normalized spacial score (nSPS) is 8.29. The molecule has 0 saturated heterocycles. The molecule has 0 fully saturated rings. The number of carbonyl (C=O) groups excluding carboxylic acids is 1. The topological polar surface area (TPSA) is 35.5 Å². The molecule has 0 N–H and O–H groups in total. The predicted octanol–water partition coefficient (Wildman–Crippen LogP) is 2.17. The molecule has 0 atom stereocenters. The summed E-state index contributed by atoms with van der Waals surface area (Å²) in [6, 6.07) is 7.53. The van der Waals surface area contributed by atoms with Gasteiger partial charge >= 0.3 is 0 Å². The van der Waals surface area contributed by atoms with Crippen molar-refractivity contribution < 1.29 is 14.3 Å². The van der Waals surface area contributed by atoms with Crippen LogP contribution >= 0.6 is 12.6 Å². The smallest absolute Gasteiger partial charge is 0.182 e. The number of ether oxygens (including phenoxy) is 2. The van der Waals surface area contributed by atoms with Crippen LogP contribution in [0.25, 0.3) is 0 Å². The van der Waals surface area contributed by atoms with Crippen LogP contribution in [0.5, 0.6) is 11.5 Å². The second-order valence-electron chi connectivity index (χ2n) is 2.37. The molecule has 0 aliphatic carbocycles. The molecular formula is C10H14O3S. The van der Waals surface area contributed by atoms with Crippen LogP contribution in [-0.4, -0.2) is 19.3 Å². The van der Waals surface area contributed by atoms with Crippen molar-refractivity contribution in [3.05, 3.63) is 24.3 Å². The molecule has 0 amide bonds. The monoisotopic (exact) mass is 214 g/mol. The standard InChI is InChI=1S/C8H10O2.C2H4OS/c1-9-7-5-3-4-6-8(7)10-2;1-2(3)4/h3-6H,1-2H3;1H3,(H,3,4). The highest BCUT2D eigenvalue weighted by atomic mass is 32.1. The van der Waals surface area contributed by atoms with Gasteiger partial charge in [-0.2, -0.15) is 0 Å². The highest BCUT2D eigenvalue weighted by Gasteiger charge is 1.97. The van der Waals surface area contributed by atoms with E-state index in [2.05, 4.69) is 12.6 Å². The van der Waals surface area contributed by atoms with Crippen molar-refractivity contribution in [2.75, 3.05) is 14.2 Å². The van der Waals surface area contributed by atoms with Crippen LogP contribution in [-0.2, 0) is 4.79 Å². The lowest BCUT2D eigenvalue weighted by molar-refractivity contribution is -0.108. The van der Waals surface area contributed by atoms with E-state index in [1.165, 1.54) is 6.92 Å². The summed E-state index contributed by atoms with van der Waals surface area (Å²) in [5.74, 6) is 1.54. The third-order valence-electron chi connectivity index (χ3n) is 1.29. The van der Waals surface area contributed by atoms with Crippen molar-refractivity contribution in [1.29, 1.82) is 0 Å². The minimum atomic E-state index is -0.139. The summed E-state index contributed by atoms with van der Waals surface area (Å²) in [6.07, 6.45) is 0. The zero-order chi connectivity index (χ0) is 11.0. The van der Waals surface area contributed by atoms with Crippen LogP contribution in [0, 0.1) is 0 Å². The lowest BCUT2D eigenvalue weighted by Crippen LogP contribution is -1.88. The SMILES string of the molecule is CC(=O)S.COc1ccccc1OC. The summed E-state index contributed by atoms with van der Waals surface area (Å²) < 4.78 is 10.0. The number of thiol groups is 1. The molecule has 14 heavy (non-hydrogen) atoms. The number of carbonyl (C=O) groups is 1. The van der Waals surface area contributed by atoms with Crippen molar-refractivity contribution in [3.63, 3.8) is 0 Å². The third kappa shape index (κ3) is 5.48. The predicted molar refractivity (Wildman–Crippen MR) is 59.2 cm³/mol. The van der Waals surface area contributed by atoms with Gasteiger partial charge in [-0.3, -0.25) is 4.79 Å². The van der Waals surface area contributed by atoms with E-state index in [9.17, 15) is 4.79 Å². The lowest BCUT2D eigenvalue weighted by Gasteiger charge is -2.04. The van der Waals surface area contributed by atoms with Crippen LogP contribution in [0.3, 0.4) is 0 Å². The van der Waals surface area contributed by atoms with Crippen molar-refractivity contribution in [2.45, 2.75) is 6.92 Å². The maximum atomic E-state index is 9.31. The van der Waals surface area contributed by atoms with Crippen molar-refractivity contribution in [3.8, 4) is 11.5 Å². The summed E-state index contributed by atoms with van der Waals surface area (Å²) in [5.41, 5.74) is 0. The van der Waals surface area contributed by atoms with Gasteiger partial charge in [-0.25, -0.2) is 0 Å². The van der Waals surface area contributed by atoms with E-state index in [0.29, 0.717) is 0 Å². The molecule has 1 aromatic carbocycles.